The van der Waals surface area contributed by atoms with E-state index in [9.17, 15) is 4.39 Å². The van der Waals surface area contributed by atoms with Crippen LogP contribution in [0.4, 0.5) is 10.3 Å². The van der Waals surface area contributed by atoms with E-state index in [-0.39, 0.29) is 6.54 Å². The Balaban J connectivity index is 1.69. The third kappa shape index (κ3) is 2.66. The van der Waals surface area contributed by atoms with Gasteiger partial charge in [0.25, 0.3) is 0 Å². The lowest BCUT2D eigenvalue weighted by Crippen LogP contribution is -2.25. The summed E-state index contributed by atoms with van der Waals surface area (Å²) in [6.07, 6.45) is 6.98. The quantitative estimate of drug-likeness (QED) is 0.603. The first kappa shape index (κ1) is 14.6. The van der Waals surface area contributed by atoms with E-state index in [0.717, 1.165) is 22.2 Å². The summed E-state index contributed by atoms with van der Waals surface area (Å²) in [6.45, 7) is 3.16. The summed E-state index contributed by atoms with van der Waals surface area (Å²) < 4.78 is 15.3. The zero-order valence-corrected chi connectivity index (χ0v) is 13.3. The van der Waals surface area contributed by atoms with Crippen LogP contribution in [0, 0.1) is 0 Å². The second-order valence-corrected chi connectivity index (χ2v) is 6.21. The first-order chi connectivity index (χ1) is 11.5. The minimum Gasteiger partial charge on any atom is -0.351 e. The first-order valence-corrected chi connectivity index (χ1v) is 7.56. The van der Waals surface area contributed by atoms with Gasteiger partial charge in [0.1, 0.15) is 17.6 Å². The number of alkyl halides is 1. The highest BCUT2D eigenvalue weighted by molar-refractivity contribution is 5.93. The molecule has 0 saturated carbocycles. The lowest BCUT2D eigenvalue weighted by Gasteiger charge is -2.14. The van der Waals surface area contributed by atoms with Crippen molar-refractivity contribution in [2.75, 3.05) is 11.9 Å². The molecule has 0 saturated heterocycles. The number of pyridine rings is 1. The Hall–Kier alpha value is -3.03. The number of fused-ring (bicyclic) bond motifs is 2. The fourth-order valence-corrected chi connectivity index (χ4v) is 2.50. The molecule has 122 valence electrons. The molecule has 24 heavy (non-hydrogen) atoms. The molecule has 0 fully saturated rings. The van der Waals surface area contributed by atoms with Gasteiger partial charge in [0.05, 0.1) is 6.54 Å². The van der Waals surface area contributed by atoms with E-state index < -0.39 is 5.67 Å². The van der Waals surface area contributed by atoms with Gasteiger partial charge in [-0.25, -0.2) is 18.9 Å². The van der Waals surface area contributed by atoms with Gasteiger partial charge >= 0.3 is 0 Å². The highest BCUT2D eigenvalue weighted by Gasteiger charge is 2.16. The van der Waals surface area contributed by atoms with E-state index in [1.165, 1.54) is 20.2 Å². The van der Waals surface area contributed by atoms with Crippen molar-refractivity contribution < 1.29 is 4.39 Å². The van der Waals surface area contributed by atoms with Crippen LogP contribution >= 0.6 is 0 Å². The number of rotatable bonds is 4. The van der Waals surface area contributed by atoms with Gasteiger partial charge in [-0.05, 0) is 31.5 Å². The van der Waals surface area contributed by atoms with E-state index >= 15 is 0 Å². The zero-order valence-electron chi connectivity index (χ0n) is 13.3. The second kappa shape index (κ2) is 5.26. The minimum absolute atomic E-state index is 0.148. The van der Waals surface area contributed by atoms with Crippen LogP contribution in [0.1, 0.15) is 13.8 Å². The van der Waals surface area contributed by atoms with Gasteiger partial charge < -0.3 is 10.3 Å². The van der Waals surface area contributed by atoms with Crippen molar-refractivity contribution in [2.45, 2.75) is 19.5 Å². The molecule has 0 atom stereocenters. The van der Waals surface area contributed by atoms with Crippen LogP contribution in [0.3, 0.4) is 0 Å². The number of aromatic amines is 1. The van der Waals surface area contributed by atoms with Gasteiger partial charge in [0.2, 0.25) is 5.95 Å². The average Bonchev–Trinajstić information content (AvgIpc) is 3.17. The second-order valence-electron chi connectivity index (χ2n) is 6.21. The van der Waals surface area contributed by atoms with Crippen LogP contribution in [0.15, 0.2) is 37.1 Å². The maximum absolute atomic E-state index is 13.6. The van der Waals surface area contributed by atoms with Crippen molar-refractivity contribution in [1.82, 2.24) is 29.5 Å². The van der Waals surface area contributed by atoms with Crippen molar-refractivity contribution in [1.29, 1.82) is 0 Å². The molecule has 2 N–H and O–H groups in total. The Morgan fingerprint density at radius 2 is 2.21 bits per heavy atom. The number of nitrogens with one attached hydrogen (secondary N) is 2. The van der Waals surface area contributed by atoms with Crippen LogP contribution < -0.4 is 5.32 Å². The Bertz CT molecular complexity index is 1010. The van der Waals surface area contributed by atoms with Crippen molar-refractivity contribution in [3.63, 3.8) is 0 Å². The number of aromatic nitrogens is 6. The largest absolute Gasteiger partial charge is 0.351 e. The maximum atomic E-state index is 13.6. The number of H-pyrrole nitrogens is 1. The molecule has 0 aliphatic carbocycles. The Kier molecular flexibility index (Phi) is 3.19. The Morgan fingerprint density at radius 3 is 3.04 bits per heavy atom. The third-order valence-corrected chi connectivity index (χ3v) is 3.69. The normalized spacial score (nSPS) is 12.1. The van der Waals surface area contributed by atoms with Gasteiger partial charge in [0, 0.05) is 29.5 Å². The predicted octanol–water partition coefficient (Wildman–Crippen LogP) is 2.83. The lowest BCUT2D eigenvalue weighted by molar-refractivity contribution is 0.234. The van der Waals surface area contributed by atoms with Gasteiger partial charge in [-0.1, -0.05) is 0 Å². The smallest absolute Gasteiger partial charge is 0.224 e. The molecule has 4 aromatic rings. The third-order valence-electron chi connectivity index (χ3n) is 3.69. The summed E-state index contributed by atoms with van der Waals surface area (Å²) in [5.74, 6) is 0.398. The van der Waals surface area contributed by atoms with Gasteiger partial charge in [0.15, 0.2) is 5.65 Å². The number of hydrogen-bond acceptors (Lipinski definition) is 5. The summed E-state index contributed by atoms with van der Waals surface area (Å²) in [7, 11) is 0. The molecule has 0 aliphatic heterocycles. The Labute approximate surface area is 137 Å². The molecule has 0 spiro atoms. The molecule has 8 heteroatoms. The van der Waals surface area contributed by atoms with Crippen LogP contribution in [-0.2, 0) is 0 Å². The SMILES string of the molecule is CC(C)(F)CNc1ncc2c(-c3ccn4ncnc4c3)c[nH]c2n1. The van der Waals surface area contributed by atoms with Gasteiger partial charge in [-0.15, -0.1) is 0 Å². The number of halogens is 1. The highest BCUT2D eigenvalue weighted by atomic mass is 19.1. The molecule has 4 aromatic heterocycles. The molecule has 4 rings (SSSR count). The van der Waals surface area contributed by atoms with Crippen molar-refractivity contribution in [2.24, 2.45) is 0 Å². The standard InChI is InChI=1S/C16H16FN7/c1-16(2,17)8-20-15-19-7-12-11(6-18-14(12)23-15)10-3-4-24-13(5-10)21-9-22-24/h3-7,9H,8H2,1-2H3,(H2,18,19,20,23). The summed E-state index contributed by atoms with van der Waals surface area (Å²) in [5.41, 5.74) is 2.11. The van der Waals surface area contributed by atoms with E-state index in [4.69, 9.17) is 0 Å². The fraction of sp³-hybridized carbons (Fsp3) is 0.250. The molecule has 0 aromatic carbocycles. The summed E-state index contributed by atoms with van der Waals surface area (Å²) >= 11 is 0. The molecular weight excluding hydrogens is 309 g/mol. The van der Waals surface area contributed by atoms with E-state index in [0.29, 0.717) is 11.6 Å². The van der Waals surface area contributed by atoms with Crippen LogP contribution in [-0.4, -0.2) is 41.8 Å². The fourth-order valence-electron chi connectivity index (χ4n) is 2.50. The molecule has 0 aliphatic rings. The monoisotopic (exact) mass is 325 g/mol. The minimum atomic E-state index is -1.33. The van der Waals surface area contributed by atoms with Crippen molar-refractivity contribution >= 4 is 22.6 Å². The van der Waals surface area contributed by atoms with E-state index in [2.05, 4.69) is 30.4 Å². The summed E-state index contributed by atoms with van der Waals surface area (Å²) in [6, 6.07) is 3.91. The first-order valence-electron chi connectivity index (χ1n) is 7.56. The molecule has 4 heterocycles. The van der Waals surface area contributed by atoms with Crippen LogP contribution in [0.2, 0.25) is 0 Å². The van der Waals surface area contributed by atoms with Crippen LogP contribution in [0.5, 0.6) is 0 Å². The van der Waals surface area contributed by atoms with Crippen molar-refractivity contribution in [3.8, 4) is 11.1 Å². The number of anilines is 1. The maximum Gasteiger partial charge on any atom is 0.224 e. The van der Waals surface area contributed by atoms with Crippen LogP contribution in [0.25, 0.3) is 27.8 Å². The topological polar surface area (TPSA) is 83.8 Å². The molecule has 0 unspecified atom stereocenters. The van der Waals surface area contributed by atoms with Gasteiger partial charge in [-0.3, -0.25) is 0 Å². The molecule has 0 bridgehead atoms. The van der Waals surface area contributed by atoms with E-state index in [1.54, 1.807) is 10.7 Å². The lowest BCUT2D eigenvalue weighted by atomic mass is 10.1. The summed E-state index contributed by atoms with van der Waals surface area (Å²) in [5, 5.41) is 7.89. The molecular formula is C16H16FN7. The number of hydrogen-bond donors (Lipinski definition) is 2. The van der Waals surface area contributed by atoms with E-state index in [1.807, 2.05) is 24.5 Å². The average molecular weight is 325 g/mol. The van der Waals surface area contributed by atoms with Gasteiger partial charge in [-0.2, -0.15) is 10.1 Å². The zero-order chi connectivity index (χ0) is 16.7. The highest BCUT2D eigenvalue weighted by Crippen LogP contribution is 2.28. The molecule has 7 nitrogen and oxygen atoms in total. The number of nitrogens with zero attached hydrogens (tertiary/aromatic N) is 5. The molecule has 0 radical (unpaired) electrons. The predicted molar refractivity (Wildman–Crippen MR) is 89.5 cm³/mol. The Morgan fingerprint density at radius 1 is 1.33 bits per heavy atom. The summed E-state index contributed by atoms with van der Waals surface area (Å²) in [4.78, 5) is 16.0. The van der Waals surface area contributed by atoms with Crippen molar-refractivity contribution in [3.05, 3.63) is 37.1 Å². The molecule has 0 amide bonds.